The lowest BCUT2D eigenvalue weighted by Crippen LogP contribution is -2.42. The van der Waals surface area contributed by atoms with E-state index in [1.807, 2.05) is 0 Å². The van der Waals surface area contributed by atoms with Crippen molar-refractivity contribution >= 4 is 15.9 Å². The molecule has 2 fully saturated rings. The van der Waals surface area contributed by atoms with Crippen molar-refractivity contribution in [2.45, 2.75) is 42.7 Å². The molecular weight excluding hydrogens is 342 g/mol. The standard InChI is InChI=1S/C17H25N3O4S/c21-17(20-14-7-9-18-10-8-14)13-3-5-16(6-4-13)25(22,23)19-12-15-2-1-11-24-15/h3-6,14-15,18-19H,1-2,7-12H2,(H,20,21). The Kier molecular flexibility index (Phi) is 6.06. The number of rotatable bonds is 6. The van der Waals surface area contributed by atoms with Gasteiger partial charge >= 0.3 is 0 Å². The lowest BCUT2D eigenvalue weighted by Gasteiger charge is -2.23. The first kappa shape index (κ1) is 18.3. The molecular formula is C17H25N3O4S. The second kappa shape index (κ2) is 8.27. The van der Waals surface area contributed by atoms with Crippen molar-refractivity contribution in [3.8, 4) is 0 Å². The molecule has 7 nitrogen and oxygen atoms in total. The minimum atomic E-state index is -3.59. The van der Waals surface area contributed by atoms with Gasteiger partial charge in [0.25, 0.3) is 5.91 Å². The summed E-state index contributed by atoms with van der Waals surface area (Å²) in [7, 11) is -3.59. The summed E-state index contributed by atoms with van der Waals surface area (Å²) in [6, 6.07) is 6.21. The average Bonchev–Trinajstić information content (AvgIpc) is 3.15. The Morgan fingerprint density at radius 3 is 2.52 bits per heavy atom. The molecule has 2 heterocycles. The Hall–Kier alpha value is -1.48. The van der Waals surface area contributed by atoms with Crippen LogP contribution in [0.1, 0.15) is 36.0 Å². The van der Waals surface area contributed by atoms with Crippen molar-refractivity contribution in [1.82, 2.24) is 15.4 Å². The molecule has 0 spiro atoms. The quantitative estimate of drug-likeness (QED) is 0.685. The van der Waals surface area contributed by atoms with E-state index in [1.54, 1.807) is 12.1 Å². The predicted octanol–water partition coefficient (Wildman–Crippen LogP) is 0.626. The number of hydrogen-bond acceptors (Lipinski definition) is 5. The van der Waals surface area contributed by atoms with Gasteiger partial charge in [0.1, 0.15) is 0 Å². The van der Waals surface area contributed by atoms with E-state index in [0.717, 1.165) is 38.8 Å². The van der Waals surface area contributed by atoms with Crippen molar-refractivity contribution in [2.24, 2.45) is 0 Å². The summed E-state index contributed by atoms with van der Waals surface area (Å²) >= 11 is 0. The van der Waals surface area contributed by atoms with Crippen LogP contribution in [0.25, 0.3) is 0 Å². The van der Waals surface area contributed by atoms with Crippen LogP contribution in [0.5, 0.6) is 0 Å². The van der Waals surface area contributed by atoms with Crippen LogP contribution in [-0.2, 0) is 14.8 Å². The molecule has 1 amide bonds. The molecule has 2 aliphatic heterocycles. The molecule has 0 aromatic heterocycles. The first-order chi connectivity index (χ1) is 12.0. The third-order valence-electron chi connectivity index (χ3n) is 4.63. The van der Waals surface area contributed by atoms with Gasteiger partial charge in [-0.25, -0.2) is 13.1 Å². The first-order valence-electron chi connectivity index (χ1n) is 8.77. The van der Waals surface area contributed by atoms with Crippen LogP contribution in [0.3, 0.4) is 0 Å². The normalized spacial score (nSPS) is 22.0. The van der Waals surface area contributed by atoms with Gasteiger partial charge in [0.05, 0.1) is 11.0 Å². The summed E-state index contributed by atoms with van der Waals surface area (Å²) in [4.78, 5) is 12.4. The molecule has 1 aromatic rings. The maximum Gasteiger partial charge on any atom is 0.251 e. The van der Waals surface area contributed by atoms with E-state index in [0.29, 0.717) is 12.2 Å². The highest BCUT2D eigenvalue weighted by Crippen LogP contribution is 2.14. The van der Waals surface area contributed by atoms with E-state index in [2.05, 4.69) is 15.4 Å². The number of nitrogens with one attached hydrogen (secondary N) is 3. The number of ether oxygens (including phenoxy) is 1. The summed E-state index contributed by atoms with van der Waals surface area (Å²) in [6.45, 7) is 2.77. The molecule has 0 radical (unpaired) electrons. The third kappa shape index (κ3) is 5.01. The fourth-order valence-electron chi connectivity index (χ4n) is 3.11. The van der Waals surface area contributed by atoms with E-state index in [9.17, 15) is 13.2 Å². The number of carbonyl (C=O) groups excluding carboxylic acids is 1. The number of piperidine rings is 1. The van der Waals surface area contributed by atoms with Crippen LogP contribution < -0.4 is 15.4 Å². The summed E-state index contributed by atoms with van der Waals surface area (Å²) < 4.78 is 32.6. The van der Waals surface area contributed by atoms with Gasteiger partial charge in [0.2, 0.25) is 10.0 Å². The highest BCUT2D eigenvalue weighted by Gasteiger charge is 2.21. The second-order valence-corrected chi connectivity index (χ2v) is 8.28. The van der Waals surface area contributed by atoms with Crippen molar-refractivity contribution < 1.29 is 17.9 Å². The summed E-state index contributed by atoms with van der Waals surface area (Å²) in [6.07, 6.45) is 3.60. The lowest BCUT2D eigenvalue weighted by atomic mass is 10.1. The molecule has 1 atom stereocenters. The zero-order valence-corrected chi connectivity index (χ0v) is 15.0. The van der Waals surface area contributed by atoms with Crippen molar-refractivity contribution in [1.29, 1.82) is 0 Å². The molecule has 2 saturated heterocycles. The maximum absolute atomic E-state index is 12.3. The molecule has 138 valence electrons. The topological polar surface area (TPSA) is 96.5 Å². The molecule has 25 heavy (non-hydrogen) atoms. The molecule has 1 unspecified atom stereocenters. The van der Waals surface area contributed by atoms with E-state index >= 15 is 0 Å². The monoisotopic (exact) mass is 367 g/mol. The molecule has 1 aromatic carbocycles. The van der Waals surface area contributed by atoms with E-state index in [4.69, 9.17) is 4.74 Å². The van der Waals surface area contributed by atoms with Crippen LogP contribution in [0.15, 0.2) is 29.2 Å². The molecule has 3 N–H and O–H groups in total. The van der Waals surface area contributed by atoms with Gasteiger partial charge in [-0.3, -0.25) is 4.79 Å². The van der Waals surface area contributed by atoms with E-state index in [1.165, 1.54) is 12.1 Å². The van der Waals surface area contributed by atoms with Crippen LogP contribution >= 0.6 is 0 Å². The molecule has 0 saturated carbocycles. The third-order valence-corrected chi connectivity index (χ3v) is 6.07. The van der Waals surface area contributed by atoms with Gasteiger partial charge in [-0.1, -0.05) is 0 Å². The Bertz CT molecular complexity index is 678. The summed E-state index contributed by atoms with van der Waals surface area (Å²) in [5.41, 5.74) is 0.469. The van der Waals surface area contributed by atoms with Crippen LogP contribution in [0, 0.1) is 0 Å². The zero-order valence-electron chi connectivity index (χ0n) is 14.2. The first-order valence-corrected chi connectivity index (χ1v) is 10.3. The summed E-state index contributed by atoms with van der Waals surface area (Å²) in [5, 5.41) is 6.25. The maximum atomic E-state index is 12.3. The van der Waals surface area contributed by atoms with Crippen molar-refractivity contribution in [3.63, 3.8) is 0 Å². The minimum absolute atomic E-state index is 0.0511. The zero-order chi connectivity index (χ0) is 17.7. The highest BCUT2D eigenvalue weighted by molar-refractivity contribution is 7.89. The van der Waals surface area contributed by atoms with Crippen molar-refractivity contribution in [3.05, 3.63) is 29.8 Å². The van der Waals surface area contributed by atoms with Crippen LogP contribution in [0.2, 0.25) is 0 Å². The fourth-order valence-corrected chi connectivity index (χ4v) is 4.18. The van der Waals surface area contributed by atoms with Gasteiger partial charge in [0, 0.05) is 24.8 Å². The Balaban J connectivity index is 1.57. The SMILES string of the molecule is O=C(NC1CCNCC1)c1ccc(S(=O)(=O)NCC2CCCO2)cc1. The smallest absolute Gasteiger partial charge is 0.251 e. The molecule has 2 aliphatic rings. The van der Waals surface area contributed by atoms with Crippen LogP contribution in [0.4, 0.5) is 0 Å². The molecule has 8 heteroatoms. The minimum Gasteiger partial charge on any atom is -0.377 e. The number of benzene rings is 1. The van der Waals surface area contributed by atoms with Crippen LogP contribution in [-0.4, -0.2) is 52.7 Å². The van der Waals surface area contributed by atoms with Gasteiger partial charge in [-0.05, 0) is 63.0 Å². The molecule has 3 rings (SSSR count). The Labute approximate surface area is 148 Å². The fraction of sp³-hybridized carbons (Fsp3) is 0.588. The predicted molar refractivity (Wildman–Crippen MR) is 94.0 cm³/mol. The van der Waals surface area contributed by atoms with Gasteiger partial charge in [-0.2, -0.15) is 0 Å². The van der Waals surface area contributed by atoms with Gasteiger partial charge < -0.3 is 15.4 Å². The van der Waals surface area contributed by atoms with E-state index < -0.39 is 10.0 Å². The molecule has 0 aliphatic carbocycles. The van der Waals surface area contributed by atoms with Gasteiger partial charge in [0.15, 0.2) is 0 Å². The van der Waals surface area contributed by atoms with Gasteiger partial charge in [-0.15, -0.1) is 0 Å². The highest BCUT2D eigenvalue weighted by atomic mass is 32.2. The second-order valence-electron chi connectivity index (χ2n) is 6.51. The largest absolute Gasteiger partial charge is 0.377 e. The number of hydrogen-bond donors (Lipinski definition) is 3. The average molecular weight is 367 g/mol. The number of amides is 1. The number of carbonyl (C=O) groups is 1. The Morgan fingerprint density at radius 1 is 1.16 bits per heavy atom. The van der Waals surface area contributed by atoms with Crippen molar-refractivity contribution in [2.75, 3.05) is 26.2 Å². The number of sulfonamides is 1. The van der Waals surface area contributed by atoms with E-state index in [-0.39, 0.29) is 29.5 Å². The molecule has 0 bridgehead atoms. The lowest BCUT2D eigenvalue weighted by molar-refractivity contribution is 0.0929. The summed E-state index contributed by atoms with van der Waals surface area (Å²) in [5.74, 6) is -0.164. The Morgan fingerprint density at radius 2 is 1.88 bits per heavy atom.